The Morgan fingerprint density at radius 3 is 2.67 bits per heavy atom. The van der Waals surface area contributed by atoms with Crippen LogP contribution in [-0.2, 0) is 0 Å². The number of amides is 1. The molecule has 8 heteroatoms. The van der Waals surface area contributed by atoms with Crippen molar-refractivity contribution < 1.29 is 19.6 Å². The monoisotopic (exact) mass is 306 g/mol. The van der Waals surface area contributed by atoms with Crippen LogP contribution in [-0.4, -0.2) is 21.9 Å². The van der Waals surface area contributed by atoms with Crippen molar-refractivity contribution in [3.8, 4) is 0 Å². The number of para-hydroxylation sites is 1. The van der Waals surface area contributed by atoms with E-state index >= 15 is 0 Å². The first-order chi connectivity index (χ1) is 9.90. The number of anilines is 1. The summed E-state index contributed by atoms with van der Waals surface area (Å²) in [7, 11) is 0. The maximum absolute atomic E-state index is 12.1. The second kappa shape index (κ2) is 5.71. The fourth-order valence-corrected chi connectivity index (χ4v) is 2.44. The van der Waals surface area contributed by atoms with Crippen molar-refractivity contribution in [2.45, 2.75) is 6.92 Å². The molecule has 0 spiro atoms. The molecule has 0 saturated heterocycles. The van der Waals surface area contributed by atoms with E-state index in [4.69, 9.17) is 5.11 Å². The summed E-state index contributed by atoms with van der Waals surface area (Å²) in [4.78, 5) is 33.2. The van der Waals surface area contributed by atoms with Gasteiger partial charge in [-0.3, -0.25) is 14.9 Å². The molecule has 0 atom stereocenters. The lowest BCUT2D eigenvalue weighted by Gasteiger charge is -2.10. The molecule has 0 fully saturated rings. The van der Waals surface area contributed by atoms with E-state index in [0.29, 0.717) is 5.56 Å². The number of hydrogen-bond donors (Lipinski definition) is 2. The predicted octanol–water partition coefficient (Wildman–Crippen LogP) is 2.92. The molecule has 2 rings (SSSR count). The SMILES string of the molecule is Cc1cccc(C(=O)O)c1NC(=O)c1csc([N+](=O)[O-])c1. The fourth-order valence-electron chi connectivity index (χ4n) is 1.74. The van der Waals surface area contributed by atoms with Crippen LogP contribution in [0.1, 0.15) is 26.3 Å². The van der Waals surface area contributed by atoms with Gasteiger partial charge in [0.15, 0.2) is 0 Å². The van der Waals surface area contributed by atoms with Crippen molar-refractivity contribution in [2.24, 2.45) is 0 Å². The number of carboxylic acids is 1. The highest BCUT2D eigenvalue weighted by Crippen LogP contribution is 2.25. The number of aromatic carboxylic acids is 1. The number of nitrogens with zero attached hydrogens (tertiary/aromatic N) is 1. The lowest BCUT2D eigenvalue weighted by atomic mass is 10.1. The molecule has 0 unspecified atom stereocenters. The molecule has 0 aliphatic heterocycles. The van der Waals surface area contributed by atoms with E-state index in [9.17, 15) is 19.7 Å². The van der Waals surface area contributed by atoms with E-state index in [-0.39, 0.29) is 21.8 Å². The highest BCUT2D eigenvalue weighted by Gasteiger charge is 2.18. The van der Waals surface area contributed by atoms with Crippen molar-refractivity contribution in [3.05, 3.63) is 56.5 Å². The summed E-state index contributed by atoms with van der Waals surface area (Å²) in [5.74, 6) is -1.75. The second-order valence-electron chi connectivity index (χ2n) is 4.19. The maximum Gasteiger partial charge on any atom is 0.337 e. The quantitative estimate of drug-likeness (QED) is 0.666. The molecule has 0 aliphatic carbocycles. The highest BCUT2D eigenvalue weighted by molar-refractivity contribution is 7.13. The summed E-state index contributed by atoms with van der Waals surface area (Å²) in [6, 6.07) is 5.77. The summed E-state index contributed by atoms with van der Waals surface area (Å²) in [6.45, 7) is 1.66. The Bertz CT molecular complexity index is 738. The normalized spacial score (nSPS) is 10.1. The molecule has 0 aliphatic rings. The molecule has 108 valence electrons. The molecule has 0 saturated carbocycles. The van der Waals surface area contributed by atoms with E-state index < -0.39 is 16.8 Å². The van der Waals surface area contributed by atoms with Gasteiger partial charge in [0.1, 0.15) is 0 Å². The summed E-state index contributed by atoms with van der Waals surface area (Å²) >= 11 is 0.835. The van der Waals surface area contributed by atoms with E-state index in [1.165, 1.54) is 11.4 Å². The number of thiophene rings is 1. The van der Waals surface area contributed by atoms with Crippen LogP contribution in [0.5, 0.6) is 0 Å². The first-order valence-electron chi connectivity index (χ1n) is 5.77. The van der Waals surface area contributed by atoms with Crippen molar-refractivity contribution in [1.29, 1.82) is 0 Å². The molecule has 1 heterocycles. The Labute approximate surface area is 123 Å². The summed E-state index contributed by atoms with van der Waals surface area (Å²) < 4.78 is 0. The molecule has 2 N–H and O–H groups in total. The fraction of sp³-hybridized carbons (Fsp3) is 0.0769. The molecule has 21 heavy (non-hydrogen) atoms. The Hall–Kier alpha value is -2.74. The van der Waals surface area contributed by atoms with Crippen LogP contribution in [0.3, 0.4) is 0 Å². The minimum absolute atomic E-state index is 0.0342. The number of hydrogen-bond acceptors (Lipinski definition) is 5. The number of carbonyl (C=O) groups is 2. The lowest BCUT2D eigenvalue weighted by molar-refractivity contribution is -0.380. The topological polar surface area (TPSA) is 110 Å². The van der Waals surface area contributed by atoms with Gasteiger partial charge in [0.25, 0.3) is 5.91 Å². The van der Waals surface area contributed by atoms with Gasteiger partial charge in [0.2, 0.25) is 0 Å². The predicted molar refractivity (Wildman–Crippen MR) is 77.1 cm³/mol. The number of rotatable bonds is 4. The van der Waals surface area contributed by atoms with Crippen molar-refractivity contribution >= 4 is 33.9 Å². The van der Waals surface area contributed by atoms with Crippen molar-refractivity contribution in [1.82, 2.24) is 0 Å². The molecule has 0 radical (unpaired) electrons. The minimum Gasteiger partial charge on any atom is -0.478 e. The zero-order valence-electron chi connectivity index (χ0n) is 10.8. The molecular formula is C13H10N2O5S. The van der Waals surface area contributed by atoms with Gasteiger partial charge < -0.3 is 10.4 Å². The molecule has 7 nitrogen and oxygen atoms in total. The van der Waals surface area contributed by atoms with Crippen LogP contribution < -0.4 is 5.32 Å². The van der Waals surface area contributed by atoms with Gasteiger partial charge in [-0.2, -0.15) is 0 Å². The summed E-state index contributed by atoms with van der Waals surface area (Å²) in [6.07, 6.45) is 0. The standard InChI is InChI=1S/C13H10N2O5S/c1-7-3-2-4-9(13(17)18)11(7)14-12(16)8-5-10(15(19)20)21-6-8/h2-6H,1H3,(H,14,16)(H,17,18). The van der Waals surface area contributed by atoms with Gasteiger partial charge in [0, 0.05) is 11.4 Å². The largest absolute Gasteiger partial charge is 0.478 e. The van der Waals surface area contributed by atoms with Gasteiger partial charge in [0.05, 0.1) is 21.7 Å². The Kier molecular flexibility index (Phi) is 3.99. The van der Waals surface area contributed by atoms with E-state index in [1.54, 1.807) is 19.1 Å². The first-order valence-corrected chi connectivity index (χ1v) is 6.65. The molecular weight excluding hydrogens is 296 g/mol. The zero-order valence-corrected chi connectivity index (χ0v) is 11.6. The highest BCUT2D eigenvalue weighted by atomic mass is 32.1. The van der Waals surface area contributed by atoms with Gasteiger partial charge in [-0.1, -0.05) is 23.5 Å². The van der Waals surface area contributed by atoms with Crippen LogP contribution in [0.25, 0.3) is 0 Å². The molecule has 1 aromatic carbocycles. The van der Waals surface area contributed by atoms with Gasteiger partial charge in [-0.15, -0.1) is 0 Å². The summed E-state index contributed by atoms with van der Waals surface area (Å²) in [5, 5.41) is 23.4. The Balaban J connectivity index is 2.31. The van der Waals surface area contributed by atoms with Gasteiger partial charge in [-0.05, 0) is 18.6 Å². The van der Waals surface area contributed by atoms with Gasteiger partial charge >= 0.3 is 11.0 Å². The minimum atomic E-state index is -1.16. The molecule has 2 aromatic rings. The van der Waals surface area contributed by atoms with Crippen LogP contribution in [0.2, 0.25) is 0 Å². The Morgan fingerprint density at radius 1 is 1.38 bits per heavy atom. The Morgan fingerprint density at radius 2 is 2.10 bits per heavy atom. The van der Waals surface area contributed by atoms with E-state index in [1.807, 2.05) is 0 Å². The molecule has 1 aromatic heterocycles. The van der Waals surface area contributed by atoms with Crippen LogP contribution in [0.15, 0.2) is 29.6 Å². The number of carbonyl (C=O) groups excluding carboxylic acids is 1. The number of nitro groups is 1. The second-order valence-corrected chi connectivity index (χ2v) is 5.08. The van der Waals surface area contributed by atoms with Crippen LogP contribution in [0.4, 0.5) is 10.7 Å². The van der Waals surface area contributed by atoms with E-state index in [0.717, 1.165) is 17.4 Å². The maximum atomic E-state index is 12.1. The van der Waals surface area contributed by atoms with E-state index in [2.05, 4.69) is 5.32 Å². The smallest absolute Gasteiger partial charge is 0.337 e. The average molecular weight is 306 g/mol. The number of aryl methyl sites for hydroxylation is 1. The number of nitrogens with one attached hydrogen (secondary N) is 1. The summed E-state index contributed by atoms with van der Waals surface area (Å²) in [5.41, 5.74) is 0.858. The van der Waals surface area contributed by atoms with Crippen molar-refractivity contribution in [2.75, 3.05) is 5.32 Å². The van der Waals surface area contributed by atoms with Gasteiger partial charge in [-0.25, -0.2) is 4.79 Å². The zero-order chi connectivity index (χ0) is 15.6. The molecule has 1 amide bonds. The third-order valence-electron chi connectivity index (χ3n) is 2.77. The van der Waals surface area contributed by atoms with Crippen LogP contribution >= 0.6 is 11.3 Å². The lowest BCUT2D eigenvalue weighted by Crippen LogP contribution is -2.15. The number of benzene rings is 1. The third kappa shape index (κ3) is 3.06. The number of carboxylic acid groups (broad SMARTS) is 1. The first kappa shape index (κ1) is 14.7. The van der Waals surface area contributed by atoms with Crippen LogP contribution in [0, 0.1) is 17.0 Å². The average Bonchev–Trinajstić information content (AvgIpc) is 2.90. The van der Waals surface area contributed by atoms with Crippen molar-refractivity contribution in [3.63, 3.8) is 0 Å². The third-order valence-corrected chi connectivity index (χ3v) is 3.65. The molecule has 0 bridgehead atoms.